The summed E-state index contributed by atoms with van der Waals surface area (Å²) in [5, 5.41) is 12.5. The molecule has 3 rings (SSSR count). The number of amides is 1. The number of carbonyl (C=O) groups is 2. The van der Waals surface area contributed by atoms with Crippen LogP contribution < -0.4 is 0 Å². The monoisotopic (exact) mass is 364 g/mol. The summed E-state index contributed by atoms with van der Waals surface area (Å²) in [7, 11) is 0. The molecule has 126 valence electrons. The van der Waals surface area contributed by atoms with E-state index >= 15 is 0 Å². The Balaban J connectivity index is 1.78. The van der Waals surface area contributed by atoms with Gasteiger partial charge in [0.25, 0.3) is 5.91 Å². The van der Waals surface area contributed by atoms with Crippen LogP contribution >= 0.6 is 22.9 Å². The van der Waals surface area contributed by atoms with Crippen molar-refractivity contribution in [3.63, 3.8) is 0 Å². The summed E-state index contributed by atoms with van der Waals surface area (Å²) in [5.74, 6) is -1.07. The van der Waals surface area contributed by atoms with Crippen LogP contribution in [0.3, 0.4) is 0 Å². The van der Waals surface area contributed by atoms with Gasteiger partial charge in [-0.3, -0.25) is 9.59 Å². The second-order valence-corrected chi connectivity index (χ2v) is 7.54. The number of likely N-dealkylation sites (tertiary alicyclic amines) is 1. The molecule has 1 aliphatic heterocycles. The second-order valence-electron chi connectivity index (χ2n) is 6.24. The highest BCUT2D eigenvalue weighted by Gasteiger charge is 2.39. The van der Waals surface area contributed by atoms with Gasteiger partial charge in [0.05, 0.1) is 5.41 Å². The molecule has 1 aromatic carbocycles. The highest BCUT2D eigenvalue weighted by Crippen LogP contribution is 2.31. The molecule has 0 spiro atoms. The molecule has 0 saturated carbocycles. The van der Waals surface area contributed by atoms with Gasteiger partial charge >= 0.3 is 5.97 Å². The maximum atomic E-state index is 12.7. The predicted molar refractivity (Wildman–Crippen MR) is 93.4 cm³/mol. The highest BCUT2D eigenvalue weighted by atomic mass is 35.5. The number of aromatic nitrogens is 1. The molecule has 0 radical (unpaired) electrons. The molecule has 1 N–H and O–H groups in total. The lowest BCUT2D eigenvalue weighted by Crippen LogP contribution is -2.48. The van der Waals surface area contributed by atoms with Crippen molar-refractivity contribution in [2.75, 3.05) is 13.1 Å². The number of aliphatic carboxylic acids is 1. The van der Waals surface area contributed by atoms with E-state index in [-0.39, 0.29) is 12.5 Å². The van der Waals surface area contributed by atoms with Crippen LogP contribution in [0.25, 0.3) is 10.6 Å². The van der Waals surface area contributed by atoms with Gasteiger partial charge in [0.1, 0.15) is 10.7 Å². The van der Waals surface area contributed by atoms with Crippen LogP contribution in [0, 0.1) is 5.41 Å². The van der Waals surface area contributed by atoms with E-state index in [0.717, 1.165) is 10.6 Å². The number of rotatable bonds is 3. The Bertz CT molecular complexity index is 774. The topological polar surface area (TPSA) is 70.5 Å². The number of benzene rings is 1. The lowest BCUT2D eigenvalue weighted by Gasteiger charge is -2.37. The molecule has 1 aliphatic rings. The zero-order valence-electron chi connectivity index (χ0n) is 13.2. The van der Waals surface area contributed by atoms with E-state index in [2.05, 4.69) is 4.98 Å². The third-order valence-electron chi connectivity index (χ3n) is 4.31. The quantitative estimate of drug-likeness (QED) is 0.899. The fraction of sp³-hybridized carbons (Fsp3) is 0.353. The van der Waals surface area contributed by atoms with E-state index in [0.29, 0.717) is 30.1 Å². The molecule has 1 saturated heterocycles. The van der Waals surface area contributed by atoms with E-state index in [1.165, 1.54) is 11.3 Å². The zero-order chi connectivity index (χ0) is 17.3. The number of carboxylic acid groups (broad SMARTS) is 1. The van der Waals surface area contributed by atoms with Gasteiger partial charge < -0.3 is 10.0 Å². The summed E-state index contributed by atoms with van der Waals surface area (Å²) < 4.78 is 0. The van der Waals surface area contributed by atoms with Gasteiger partial charge in [-0.05, 0) is 31.9 Å². The van der Waals surface area contributed by atoms with Gasteiger partial charge in [0.15, 0.2) is 0 Å². The Morgan fingerprint density at radius 1 is 1.33 bits per heavy atom. The van der Waals surface area contributed by atoms with E-state index in [1.54, 1.807) is 29.3 Å². The van der Waals surface area contributed by atoms with Crippen molar-refractivity contribution in [3.05, 3.63) is 40.4 Å². The van der Waals surface area contributed by atoms with Crippen LogP contribution in [0.4, 0.5) is 0 Å². The zero-order valence-corrected chi connectivity index (χ0v) is 14.7. The van der Waals surface area contributed by atoms with E-state index in [4.69, 9.17) is 11.6 Å². The van der Waals surface area contributed by atoms with Gasteiger partial charge in [-0.1, -0.05) is 23.7 Å². The Morgan fingerprint density at radius 2 is 2.04 bits per heavy atom. The maximum absolute atomic E-state index is 12.7. The van der Waals surface area contributed by atoms with Crippen LogP contribution in [0.2, 0.25) is 5.02 Å². The number of thiazole rings is 1. The summed E-state index contributed by atoms with van der Waals surface area (Å²) in [5.41, 5.74) is 0.375. The van der Waals surface area contributed by atoms with Gasteiger partial charge in [-0.25, -0.2) is 4.98 Å². The standard InChI is InChI=1S/C17H17ClN2O3S/c1-17(16(22)23)7-2-8-20(10-17)15(21)13-9-24-14(19-13)11-3-5-12(18)6-4-11/h3-6,9H,2,7-8,10H2,1H3,(H,22,23). The molecule has 2 heterocycles. The molecule has 24 heavy (non-hydrogen) atoms. The number of carboxylic acids is 1. The van der Waals surface area contributed by atoms with Crippen LogP contribution in [-0.4, -0.2) is 40.0 Å². The first-order valence-corrected chi connectivity index (χ1v) is 8.89. The fourth-order valence-corrected chi connectivity index (χ4v) is 3.77. The molecule has 1 fully saturated rings. The molecular formula is C17H17ClN2O3S. The third-order valence-corrected chi connectivity index (χ3v) is 5.46. The predicted octanol–water partition coefficient (Wildman–Crippen LogP) is 3.79. The maximum Gasteiger partial charge on any atom is 0.311 e. The fourth-order valence-electron chi connectivity index (χ4n) is 2.85. The van der Waals surface area contributed by atoms with Gasteiger partial charge in [-0.15, -0.1) is 11.3 Å². The lowest BCUT2D eigenvalue weighted by molar-refractivity contribution is -0.150. The van der Waals surface area contributed by atoms with Crippen molar-refractivity contribution in [1.29, 1.82) is 0 Å². The summed E-state index contributed by atoms with van der Waals surface area (Å²) in [6.07, 6.45) is 1.27. The van der Waals surface area contributed by atoms with Crippen molar-refractivity contribution in [1.82, 2.24) is 9.88 Å². The molecule has 1 aromatic heterocycles. The number of nitrogens with zero attached hydrogens (tertiary/aromatic N) is 2. The molecule has 0 aliphatic carbocycles. The molecular weight excluding hydrogens is 348 g/mol. The molecule has 5 nitrogen and oxygen atoms in total. The van der Waals surface area contributed by atoms with Crippen LogP contribution in [0.15, 0.2) is 29.6 Å². The van der Waals surface area contributed by atoms with Crippen LogP contribution in [-0.2, 0) is 4.79 Å². The van der Waals surface area contributed by atoms with Crippen molar-refractivity contribution in [2.24, 2.45) is 5.41 Å². The van der Waals surface area contributed by atoms with E-state index in [1.807, 2.05) is 12.1 Å². The Kier molecular flexibility index (Phi) is 4.60. The van der Waals surface area contributed by atoms with Crippen molar-refractivity contribution in [2.45, 2.75) is 19.8 Å². The van der Waals surface area contributed by atoms with Gasteiger partial charge in [0.2, 0.25) is 0 Å². The van der Waals surface area contributed by atoms with Gasteiger partial charge in [-0.2, -0.15) is 0 Å². The van der Waals surface area contributed by atoms with E-state index < -0.39 is 11.4 Å². The number of halogens is 1. The number of hydrogen-bond acceptors (Lipinski definition) is 4. The molecule has 1 atom stereocenters. The van der Waals surface area contributed by atoms with Crippen LogP contribution in [0.1, 0.15) is 30.3 Å². The molecule has 7 heteroatoms. The summed E-state index contributed by atoms with van der Waals surface area (Å²) in [4.78, 5) is 30.1. The van der Waals surface area contributed by atoms with Crippen molar-refractivity contribution >= 4 is 34.8 Å². The number of hydrogen-bond donors (Lipinski definition) is 1. The minimum Gasteiger partial charge on any atom is -0.481 e. The summed E-state index contributed by atoms with van der Waals surface area (Å²) >= 11 is 7.27. The van der Waals surface area contributed by atoms with Gasteiger partial charge in [0, 0.05) is 29.1 Å². The molecule has 2 aromatic rings. The number of carbonyl (C=O) groups excluding carboxylic acids is 1. The lowest BCUT2D eigenvalue weighted by atomic mass is 9.82. The molecule has 1 amide bonds. The largest absolute Gasteiger partial charge is 0.481 e. The number of piperidine rings is 1. The summed E-state index contributed by atoms with van der Waals surface area (Å²) in [6, 6.07) is 7.28. The van der Waals surface area contributed by atoms with E-state index in [9.17, 15) is 14.7 Å². The molecule has 1 unspecified atom stereocenters. The average Bonchev–Trinajstić information content (AvgIpc) is 3.04. The Morgan fingerprint density at radius 3 is 2.71 bits per heavy atom. The first-order valence-electron chi connectivity index (χ1n) is 7.63. The average molecular weight is 365 g/mol. The SMILES string of the molecule is CC1(C(=O)O)CCCN(C(=O)c2csc(-c3ccc(Cl)cc3)n2)C1. The Hall–Kier alpha value is -1.92. The van der Waals surface area contributed by atoms with Crippen molar-refractivity contribution in [3.8, 4) is 10.6 Å². The third kappa shape index (κ3) is 3.30. The normalized spacial score (nSPS) is 20.8. The van der Waals surface area contributed by atoms with Crippen molar-refractivity contribution < 1.29 is 14.7 Å². The Labute approximate surface area is 148 Å². The minimum absolute atomic E-state index is 0.210. The summed E-state index contributed by atoms with van der Waals surface area (Å²) in [6.45, 7) is 2.47. The highest BCUT2D eigenvalue weighted by molar-refractivity contribution is 7.13. The second kappa shape index (κ2) is 6.53. The molecule has 0 bridgehead atoms. The van der Waals surface area contributed by atoms with Crippen LogP contribution in [0.5, 0.6) is 0 Å². The smallest absolute Gasteiger partial charge is 0.311 e. The first-order chi connectivity index (χ1) is 11.4. The minimum atomic E-state index is -0.886. The first kappa shape index (κ1) is 16.9.